The fourth-order valence-corrected chi connectivity index (χ4v) is 5.85. The number of ether oxygens (including phenoxy) is 11. The highest BCUT2D eigenvalue weighted by atomic mass is 19.1. The van der Waals surface area contributed by atoms with Gasteiger partial charge in [-0.3, -0.25) is 34.2 Å². The number of hydrogen-bond donors (Lipinski definition) is 2. The molecule has 0 radical (unpaired) electrons. The average molecular weight is 874 g/mol. The van der Waals surface area contributed by atoms with E-state index in [2.05, 4.69) is 10.6 Å². The van der Waals surface area contributed by atoms with Crippen LogP contribution in [0.1, 0.15) is 59.2 Å². The summed E-state index contributed by atoms with van der Waals surface area (Å²) >= 11 is 0. The average Bonchev–Trinajstić information content (AvgIpc) is 3.50. The van der Waals surface area contributed by atoms with Crippen LogP contribution in [0.4, 0.5) is 10.1 Å². The van der Waals surface area contributed by atoms with Crippen LogP contribution in [-0.2, 0) is 66.5 Å². The highest BCUT2D eigenvalue weighted by Gasteiger charge is 2.45. The van der Waals surface area contributed by atoms with Crippen LogP contribution in [0.15, 0.2) is 18.2 Å². The van der Waals surface area contributed by atoms with Crippen molar-refractivity contribution < 1.29 is 80.5 Å². The molecule has 2 aliphatic heterocycles. The molecule has 1 atom stereocenters. The number of rotatable bonds is 40. The second kappa shape index (κ2) is 34.0. The van der Waals surface area contributed by atoms with Gasteiger partial charge in [0.2, 0.25) is 17.7 Å². The predicted molar refractivity (Wildman–Crippen MR) is 215 cm³/mol. The van der Waals surface area contributed by atoms with Crippen molar-refractivity contribution in [2.24, 2.45) is 0 Å². The molecular weight excluding hydrogens is 809 g/mol. The number of alkyl halides is 1. The summed E-state index contributed by atoms with van der Waals surface area (Å²) in [4.78, 5) is 63.6. The molecule has 1 fully saturated rings. The number of benzene rings is 1. The van der Waals surface area contributed by atoms with Gasteiger partial charge >= 0.3 is 0 Å². The first-order valence-corrected chi connectivity index (χ1v) is 21.0. The van der Waals surface area contributed by atoms with Gasteiger partial charge in [0.05, 0.1) is 156 Å². The number of nitrogens with zero attached hydrogens (tertiary/aromatic N) is 1. The van der Waals surface area contributed by atoms with E-state index in [1.165, 1.54) is 6.07 Å². The third-order valence-corrected chi connectivity index (χ3v) is 8.88. The van der Waals surface area contributed by atoms with Crippen LogP contribution in [0.5, 0.6) is 0 Å². The van der Waals surface area contributed by atoms with Crippen molar-refractivity contribution in [1.82, 2.24) is 10.2 Å². The number of carbonyl (C=O) groups is 5. The summed E-state index contributed by atoms with van der Waals surface area (Å²) in [7, 11) is 0. The molecule has 0 saturated carbocycles. The minimum atomic E-state index is -1.08. The van der Waals surface area contributed by atoms with E-state index in [1.807, 2.05) is 0 Å². The number of unbranched alkanes of at least 4 members (excludes halogenated alkanes) is 2. The van der Waals surface area contributed by atoms with E-state index in [1.54, 1.807) is 12.1 Å². The van der Waals surface area contributed by atoms with E-state index in [9.17, 15) is 28.4 Å². The third-order valence-electron chi connectivity index (χ3n) is 8.88. The van der Waals surface area contributed by atoms with Gasteiger partial charge in [0.1, 0.15) is 12.7 Å². The van der Waals surface area contributed by atoms with Gasteiger partial charge < -0.3 is 57.4 Å². The largest absolute Gasteiger partial charge is 0.379 e. The lowest BCUT2D eigenvalue weighted by Gasteiger charge is -2.27. The van der Waals surface area contributed by atoms with E-state index in [0.717, 1.165) is 17.7 Å². The van der Waals surface area contributed by atoms with Crippen molar-refractivity contribution >= 4 is 35.2 Å². The molecule has 0 aromatic heterocycles. The highest BCUT2D eigenvalue weighted by Crippen LogP contribution is 2.32. The molecule has 1 aromatic carbocycles. The van der Waals surface area contributed by atoms with Crippen LogP contribution in [0, 0.1) is 0 Å². The second-order valence-electron chi connectivity index (χ2n) is 13.5. The molecule has 0 spiro atoms. The lowest BCUT2D eigenvalue weighted by molar-refractivity contribution is -0.136. The molecule has 1 aromatic rings. The zero-order valence-corrected chi connectivity index (χ0v) is 35.2. The van der Waals surface area contributed by atoms with Crippen molar-refractivity contribution in [2.45, 2.75) is 44.6 Å². The van der Waals surface area contributed by atoms with Gasteiger partial charge in [-0.15, -0.1) is 0 Å². The van der Waals surface area contributed by atoms with Crippen LogP contribution in [0.2, 0.25) is 0 Å². The highest BCUT2D eigenvalue weighted by molar-refractivity contribution is 6.26. The van der Waals surface area contributed by atoms with Gasteiger partial charge in [-0.2, -0.15) is 0 Å². The Bertz CT molecular complexity index is 1410. The summed E-state index contributed by atoms with van der Waals surface area (Å²) in [5.41, 5.74) is 0.372. The minimum absolute atomic E-state index is 0.0252. The number of hydrogen-bond acceptors (Lipinski definition) is 16. The van der Waals surface area contributed by atoms with Gasteiger partial charge in [0.25, 0.3) is 11.8 Å². The van der Waals surface area contributed by atoms with Gasteiger partial charge in [0, 0.05) is 19.4 Å². The van der Waals surface area contributed by atoms with Gasteiger partial charge in [-0.25, -0.2) is 4.39 Å². The molecule has 0 aliphatic carbocycles. The fraction of sp³-hybridized carbons (Fsp3) is 0.732. The molecule has 61 heavy (non-hydrogen) atoms. The number of anilines is 1. The van der Waals surface area contributed by atoms with E-state index >= 15 is 0 Å². The molecule has 5 amide bonds. The van der Waals surface area contributed by atoms with Crippen molar-refractivity contribution in [3.8, 4) is 0 Å². The zero-order valence-electron chi connectivity index (χ0n) is 35.2. The molecule has 0 bridgehead atoms. The van der Waals surface area contributed by atoms with Gasteiger partial charge in [-0.05, 0) is 31.4 Å². The first-order valence-electron chi connectivity index (χ1n) is 21.0. The quantitative estimate of drug-likeness (QED) is 0.0710. The molecule has 2 aliphatic rings. The lowest BCUT2D eigenvalue weighted by atomic mass is 10.0. The molecule has 1 unspecified atom stereocenters. The minimum Gasteiger partial charge on any atom is -0.379 e. The topological polar surface area (TPSA) is 214 Å². The Morgan fingerprint density at radius 2 is 1.00 bits per heavy atom. The molecule has 346 valence electrons. The SMILES string of the molecule is O=C1CCC(N2C(=O)c3cccc(NC(=O)CCCCCOCCOCCOCCOCCOCCOCCOCCOCCOCCOCCOCCF)c3C2=O)C(=O)N1. The molecule has 2 N–H and O–H groups in total. The predicted octanol–water partition coefficient (Wildman–Crippen LogP) is 1.74. The number of piperidine rings is 1. The molecule has 3 rings (SSSR count). The Morgan fingerprint density at radius 3 is 1.43 bits per heavy atom. The zero-order chi connectivity index (χ0) is 43.6. The maximum Gasteiger partial charge on any atom is 0.264 e. The fourth-order valence-electron chi connectivity index (χ4n) is 5.85. The van der Waals surface area contributed by atoms with E-state index in [-0.39, 0.29) is 48.6 Å². The van der Waals surface area contributed by atoms with Crippen molar-refractivity contribution in [1.29, 1.82) is 0 Å². The Kier molecular flexibility index (Phi) is 28.9. The first kappa shape index (κ1) is 51.8. The number of imide groups is 2. The molecule has 19 nitrogen and oxygen atoms in total. The van der Waals surface area contributed by atoms with Crippen LogP contribution in [0.3, 0.4) is 0 Å². The summed E-state index contributed by atoms with van der Waals surface area (Å²) < 4.78 is 71.4. The van der Waals surface area contributed by atoms with Crippen LogP contribution < -0.4 is 10.6 Å². The van der Waals surface area contributed by atoms with Crippen LogP contribution >= 0.6 is 0 Å². The Labute approximate surface area is 356 Å². The summed E-state index contributed by atoms with van der Waals surface area (Å²) in [5, 5.41) is 4.90. The number of carbonyl (C=O) groups excluding carboxylic acids is 5. The molecule has 1 saturated heterocycles. The van der Waals surface area contributed by atoms with Crippen molar-refractivity contribution in [3.05, 3.63) is 29.3 Å². The smallest absolute Gasteiger partial charge is 0.264 e. The summed E-state index contributed by atoms with van der Waals surface area (Å²) in [6, 6.07) is 3.52. The van der Waals surface area contributed by atoms with E-state index < -0.39 is 36.3 Å². The Balaban J connectivity index is 0.995. The molecular formula is C41H64FN3O16. The van der Waals surface area contributed by atoms with Crippen molar-refractivity contribution in [3.63, 3.8) is 0 Å². The molecule has 2 heterocycles. The number of fused-ring (bicyclic) bond motifs is 1. The summed E-state index contributed by atoms with van der Waals surface area (Å²) in [5.74, 6) is -2.73. The van der Waals surface area contributed by atoms with Gasteiger partial charge in [0.15, 0.2) is 0 Å². The summed E-state index contributed by atoms with van der Waals surface area (Å²) in [6.45, 7) is 9.19. The number of halogens is 1. The van der Waals surface area contributed by atoms with Crippen molar-refractivity contribution in [2.75, 3.05) is 157 Å². The maximum absolute atomic E-state index is 13.2. The van der Waals surface area contributed by atoms with Gasteiger partial charge in [-0.1, -0.05) is 12.5 Å². The standard InChI is InChI=1S/C41H64FN3O16/c42-10-12-52-14-16-54-18-20-56-22-24-58-26-28-60-30-32-61-31-29-59-27-25-57-23-21-55-19-17-53-15-13-51-11-3-1-2-7-36(46)43-34-6-4-5-33-38(34)41(50)45(40(33)49)35-8-9-37(47)44-39(35)48/h4-6,35H,1-3,7-32H2,(H,43,46)(H,44,47,48). The maximum atomic E-state index is 13.2. The Morgan fingerprint density at radius 1 is 0.574 bits per heavy atom. The third kappa shape index (κ3) is 22.4. The molecule has 20 heteroatoms. The normalized spacial score (nSPS) is 15.2. The van der Waals surface area contributed by atoms with E-state index in [0.29, 0.717) is 145 Å². The second-order valence-corrected chi connectivity index (χ2v) is 13.5. The number of amides is 5. The van der Waals surface area contributed by atoms with Crippen LogP contribution in [-0.4, -0.2) is 193 Å². The number of nitrogens with one attached hydrogen (secondary N) is 2. The first-order chi connectivity index (χ1) is 29.9. The summed E-state index contributed by atoms with van der Waals surface area (Å²) in [6.07, 6.45) is 2.43. The van der Waals surface area contributed by atoms with Crippen LogP contribution in [0.25, 0.3) is 0 Å². The lowest BCUT2D eigenvalue weighted by Crippen LogP contribution is -2.54. The van der Waals surface area contributed by atoms with E-state index in [4.69, 9.17) is 52.1 Å². The Hall–Kier alpha value is -3.54. The monoisotopic (exact) mass is 873 g/mol.